The van der Waals surface area contributed by atoms with Gasteiger partial charge >= 0.3 is 0 Å². The molecule has 0 N–H and O–H groups in total. The first-order valence-electron chi connectivity index (χ1n) is 6.83. The minimum absolute atomic E-state index is 0.0900. The number of anilines is 1. The lowest BCUT2D eigenvalue weighted by molar-refractivity contribution is 0.366. The lowest BCUT2D eigenvalue weighted by Crippen LogP contribution is -2.21. The molecule has 2 aromatic rings. The highest BCUT2D eigenvalue weighted by molar-refractivity contribution is 5.51. The monoisotopic (exact) mass is 313 g/mol. The van der Waals surface area contributed by atoms with Gasteiger partial charge in [0.05, 0.1) is 0 Å². The van der Waals surface area contributed by atoms with Crippen LogP contribution in [0.3, 0.4) is 0 Å². The van der Waals surface area contributed by atoms with E-state index in [1.165, 1.54) is 6.07 Å². The van der Waals surface area contributed by atoms with Crippen LogP contribution < -0.4 is 9.64 Å². The summed E-state index contributed by atoms with van der Waals surface area (Å²) in [6.07, 6.45) is 0. The van der Waals surface area contributed by atoms with Gasteiger partial charge in [0.25, 0.3) is 0 Å². The summed E-state index contributed by atoms with van der Waals surface area (Å²) < 4.78 is 58.6. The Kier molecular flexibility index (Phi) is 4.90. The van der Waals surface area contributed by atoms with Gasteiger partial charge in [-0.2, -0.15) is 8.78 Å². The second-order valence-electron chi connectivity index (χ2n) is 4.57. The van der Waals surface area contributed by atoms with Gasteiger partial charge in [-0.15, -0.1) is 0 Å². The Morgan fingerprint density at radius 3 is 2.05 bits per heavy atom. The molecule has 0 aliphatic carbocycles. The number of hydrogen-bond donors (Lipinski definition) is 0. The summed E-state index contributed by atoms with van der Waals surface area (Å²) in [5, 5.41) is 0. The Labute approximate surface area is 125 Å². The summed E-state index contributed by atoms with van der Waals surface area (Å²) in [5.41, 5.74) is 0.778. The lowest BCUT2D eigenvalue weighted by atomic mass is 10.2. The van der Waals surface area contributed by atoms with Gasteiger partial charge in [-0.1, -0.05) is 6.07 Å². The van der Waals surface area contributed by atoms with Gasteiger partial charge < -0.3 is 9.64 Å². The van der Waals surface area contributed by atoms with Crippen molar-refractivity contribution in [2.45, 2.75) is 13.8 Å². The highest BCUT2D eigenvalue weighted by Gasteiger charge is 2.21. The fourth-order valence-electron chi connectivity index (χ4n) is 2.09. The zero-order chi connectivity index (χ0) is 16.3. The number of ether oxygens (including phenoxy) is 1. The van der Waals surface area contributed by atoms with Crippen LogP contribution in [0.25, 0.3) is 0 Å². The number of rotatable bonds is 5. The van der Waals surface area contributed by atoms with Crippen LogP contribution in [0.2, 0.25) is 0 Å². The van der Waals surface area contributed by atoms with Crippen LogP contribution in [0.4, 0.5) is 23.2 Å². The van der Waals surface area contributed by atoms with Gasteiger partial charge in [0.2, 0.25) is 17.4 Å². The molecule has 22 heavy (non-hydrogen) atoms. The van der Waals surface area contributed by atoms with Crippen LogP contribution >= 0.6 is 0 Å². The Morgan fingerprint density at radius 1 is 0.909 bits per heavy atom. The molecule has 0 bridgehead atoms. The Hall–Kier alpha value is -2.24. The lowest BCUT2D eigenvalue weighted by Gasteiger charge is -2.21. The molecule has 0 radical (unpaired) electrons. The zero-order valence-corrected chi connectivity index (χ0v) is 12.2. The molecule has 2 nitrogen and oxygen atoms in total. The molecule has 2 rings (SSSR count). The van der Waals surface area contributed by atoms with Crippen LogP contribution in [0.1, 0.15) is 13.8 Å². The number of benzene rings is 2. The maximum atomic E-state index is 13.6. The third-order valence-electron chi connectivity index (χ3n) is 3.24. The largest absolute Gasteiger partial charge is 0.451 e. The van der Waals surface area contributed by atoms with E-state index in [0.29, 0.717) is 0 Å². The molecule has 118 valence electrons. The first kappa shape index (κ1) is 16.1. The van der Waals surface area contributed by atoms with Crippen LogP contribution in [-0.2, 0) is 0 Å². The van der Waals surface area contributed by atoms with Gasteiger partial charge in [-0.25, -0.2) is 8.78 Å². The molecule has 0 heterocycles. The summed E-state index contributed by atoms with van der Waals surface area (Å²) in [6.45, 7) is 5.38. The average molecular weight is 313 g/mol. The molecule has 2 aromatic carbocycles. The number of nitrogens with zero attached hydrogens (tertiary/aromatic N) is 1. The smallest absolute Gasteiger partial charge is 0.204 e. The third kappa shape index (κ3) is 3.16. The summed E-state index contributed by atoms with van der Waals surface area (Å²) in [5.74, 6) is -7.14. The minimum Gasteiger partial charge on any atom is -0.451 e. The van der Waals surface area contributed by atoms with Crippen LogP contribution in [0, 0.1) is 23.3 Å². The van der Waals surface area contributed by atoms with E-state index in [4.69, 9.17) is 4.74 Å². The van der Waals surface area contributed by atoms with Crippen molar-refractivity contribution >= 4 is 5.69 Å². The predicted octanol–water partition coefficient (Wildman–Crippen LogP) is 4.88. The van der Waals surface area contributed by atoms with Crippen molar-refractivity contribution in [2.24, 2.45) is 0 Å². The minimum atomic E-state index is -1.56. The van der Waals surface area contributed by atoms with Gasteiger partial charge in [0.1, 0.15) is 5.75 Å². The van der Waals surface area contributed by atoms with Gasteiger partial charge in [-0.05, 0) is 26.0 Å². The summed E-state index contributed by atoms with van der Waals surface area (Å²) in [6, 6.07) is 6.58. The molecular weight excluding hydrogens is 298 g/mol. The SMILES string of the molecule is CCN(CC)c1cccc(Oc2c(F)c(F)cc(F)c2F)c1. The summed E-state index contributed by atoms with van der Waals surface area (Å²) >= 11 is 0. The van der Waals surface area contributed by atoms with Crippen LogP contribution in [0.15, 0.2) is 30.3 Å². The van der Waals surface area contributed by atoms with Crippen LogP contribution in [0.5, 0.6) is 11.5 Å². The van der Waals surface area contributed by atoms with Gasteiger partial charge in [0.15, 0.2) is 11.6 Å². The van der Waals surface area contributed by atoms with Gasteiger partial charge in [0, 0.05) is 30.9 Å². The Balaban J connectivity index is 2.38. The zero-order valence-electron chi connectivity index (χ0n) is 12.2. The van der Waals surface area contributed by atoms with E-state index in [2.05, 4.69) is 0 Å². The van der Waals surface area contributed by atoms with Gasteiger partial charge in [-0.3, -0.25) is 0 Å². The van der Waals surface area contributed by atoms with E-state index >= 15 is 0 Å². The maximum absolute atomic E-state index is 13.6. The molecular formula is C16H15F4NO. The number of hydrogen-bond acceptors (Lipinski definition) is 2. The highest BCUT2D eigenvalue weighted by Crippen LogP contribution is 2.32. The molecule has 0 amide bonds. The second kappa shape index (κ2) is 6.68. The Bertz CT molecular complexity index is 645. The topological polar surface area (TPSA) is 12.5 Å². The molecule has 0 atom stereocenters. The molecule has 0 fully saturated rings. The van der Waals surface area contributed by atoms with Crippen molar-refractivity contribution in [2.75, 3.05) is 18.0 Å². The molecule has 0 aliphatic heterocycles. The van der Waals surface area contributed by atoms with E-state index < -0.39 is 29.0 Å². The molecule has 0 aromatic heterocycles. The van der Waals surface area contributed by atoms with Crippen molar-refractivity contribution in [3.63, 3.8) is 0 Å². The van der Waals surface area contributed by atoms with E-state index in [-0.39, 0.29) is 11.8 Å². The molecule has 0 aliphatic rings. The third-order valence-corrected chi connectivity index (χ3v) is 3.24. The van der Waals surface area contributed by atoms with Crippen molar-refractivity contribution in [1.82, 2.24) is 0 Å². The fourth-order valence-corrected chi connectivity index (χ4v) is 2.09. The quantitative estimate of drug-likeness (QED) is 0.576. The summed E-state index contributed by atoms with van der Waals surface area (Å²) in [4.78, 5) is 1.99. The fraction of sp³-hybridized carbons (Fsp3) is 0.250. The first-order chi connectivity index (χ1) is 10.5. The maximum Gasteiger partial charge on any atom is 0.204 e. The molecule has 0 spiro atoms. The van der Waals surface area contributed by atoms with Crippen molar-refractivity contribution in [3.05, 3.63) is 53.6 Å². The molecule has 0 saturated carbocycles. The van der Waals surface area contributed by atoms with Crippen LogP contribution in [-0.4, -0.2) is 13.1 Å². The molecule has 6 heteroatoms. The van der Waals surface area contributed by atoms with E-state index in [1.807, 2.05) is 18.7 Å². The second-order valence-corrected chi connectivity index (χ2v) is 4.57. The highest BCUT2D eigenvalue weighted by atomic mass is 19.2. The van der Waals surface area contributed by atoms with E-state index in [9.17, 15) is 17.6 Å². The van der Waals surface area contributed by atoms with Crippen molar-refractivity contribution in [3.8, 4) is 11.5 Å². The first-order valence-corrected chi connectivity index (χ1v) is 6.83. The molecule has 0 unspecified atom stereocenters. The predicted molar refractivity (Wildman–Crippen MR) is 76.4 cm³/mol. The summed E-state index contributed by atoms with van der Waals surface area (Å²) in [7, 11) is 0. The van der Waals surface area contributed by atoms with Crippen molar-refractivity contribution in [1.29, 1.82) is 0 Å². The Morgan fingerprint density at radius 2 is 1.50 bits per heavy atom. The average Bonchev–Trinajstić information content (AvgIpc) is 2.51. The standard InChI is InChI=1S/C16H15F4NO/c1-3-21(4-2)10-6-5-7-11(8-10)22-16-14(19)12(17)9-13(18)15(16)20/h5-9H,3-4H2,1-2H3. The van der Waals surface area contributed by atoms with Crippen molar-refractivity contribution < 1.29 is 22.3 Å². The molecule has 0 saturated heterocycles. The van der Waals surface area contributed by atoms with E-state index in [1.54, 1.807) is 18.2 Å². The van der Waals surface area contributed by atoms with E-state index in [0.717, 1.165) is 18.8 Å². The normalized spacial score (nSPS) is 10.6. The number of halogens is 4.